The summed E-state index contributed by atoms with van der Waals surface area (Å²) in [5.74, 6) is -0.140. The molecule has 1 aliphatic heterocycles. The van der Waals surface area contributed by atoms with Crippen LogP contribution >= 0.6 is 0 Å². The molecule has 1 aromatic carbocycles. The number of hydrogen-bond donors (Lipinski definition) is 1. The molecule has 1 aromatic rings. The fourth-order valence-electron chi connectivity index (χ4n) is 2.35. The van der Waals surface area contributed by atoms with Crippen LogP contribution in [0, 0.1) is 18.3 Å². The number of carbonyl (C=O) groups excluding carboxylic acids is 1. The summed E-state index contributed by atoms with van der Waals surface area (Å²) in [5.41, 5.74) is -0.262. The Hall–Kier alpha value is -1.93. The van der Waals surface area contributed by atoms with Gasteiger partial charge in [-0.05, 0) is 19.1 Å². The quantitative estimate of drug-likeness (QED) is 0.838. The third kappa shape index (κ3) is 2.81. The summed E-state index contributed by atoms with van der Waals surface area (Å²) < 4.78 is 14.2. The number of alkyl halides is 1. The lowest BCUT2D eigenvalue weighted by Gasteiger charge is -2.37. The number of nitrogens with zero attached hydrogens (tertiary/aromatic N) is 2. The number of piperidine rings is 1. The van der Waals surface area contributed by atoms with Crippen molar-refractivity contribution in [1.29, 1.82) is 5.26 Å². The molecule has 4 nitrogen and oxygen atoms in total. The van der Waals surface area contributed by atoms with Gasteiger partial charge in [-0.2, -0.15) is 5.26 Å². The van der Waals surface area contributed by atoms with Crippen LogP contribution in [0.1, 0.15) is 28.8 Å². The average Bonchev–Trinajstić information content (AvgIpc) is 2.47. The van der Waals surface area contributed by atoms with E-state index < -0.39 is 11.8 Å². The third-order valence-corrected chi connectivity index (χ3v) is 3.79. The standard InChI is InChI=1S/C15H17FN2O2/c1-11-2-4-12(5-3-11)14(20)18-8-6-15(16,7-9-18)13(19)10-17/h2-5,13,19H,6-9H2,1H3. The van der Waals surface area contributed by atoms with Crippen LogP contribution in [0.2, 0.25) is 0 Å². The molecule has 1 atom stereocenters. The van der Waals surface area contributed by atoms with Gasteiger partial charge < -0.3 is 10.0 Å². The predicted molar refractivity (Wildman–Crippen MR) is 71.8 cm³/mol. The molecule has 1 amide bonds. The molecule has 0 bridgehead atoms. The Balaban J connectivity index is 2.02. The van der Waals surface area contributed by atoms with E-state index in [2.05, 4.69) is 0 Å². The lowest BCUT2D eigenvalue weighted by atomic mass is 9.88. The van der Waals surface area contributed by atoms with Gasteiger partial charge in [0.15, 0.2) is 11.8 Å². The van der Waals surface area contributed by atoms with Gasteiger partial charge in [0.1, 0.15) is 0 Å². The molecule has 106 valence electrons. The molecule has 5 heteroatoms. The Bertz CT molecular complexity index is 528. The summed E-state index contributed by atoms with van der Waals surface area (Å²) in [5, 5.41) is 18.0. The van der Waals surface area contributed by atoms with Crippen molar-refractivity contribution in [3.05, 3.63) is 35.4 Å². The second kappa shape index (κ2) is 5.59. The Morgan fingerprint density at radius 1 is 1.40 bits per heavy atom. The molecule has 2 rings (SSSR count). The highest BCUT2D eigenvalue weighted by atomic mass is 19.1. The molecule has 0 radical (unpaired) electrons. The largest absolute Gasteiger partial charge is 0.375 e. The SMILES string of the molecule is Cc1ccc(C(=O)N2CCC(F)(C(O)C#N)CC2)cc1. The molecule has 1 fully saturated rings. The summed E-state index contributed by atoms with van der Waals surface area (Å²) in [6, 6.07) is 8.75. The van der Waals surface area contributed by atoms with Gasteiger partial charge in [0, 0.05) is 31.5 Å². The normalized spacial score (nSPS) is 19.2. The zero-order chi connectivity index (χ0) is 14.8. The van der Waals surface area contributed by atoms with E-state index in [1.165, 1.54) is 6.07 Å². The maximum absolute atomic E-state index is 14.2. The first kappa shape index (κ1) is 14.5. The molecule has 0 aliphatic carbocycles. The van der Waals surface area contributed by atoms with Crippen molar-refractivity contribution in [3.63, 3.8) is 0 Å². The van der Waals surface area contributed by atoms with Crippen LogP contribution in [-0.4, -0.2) is 40.8 Å². The van der Waals surface area contributed by atoms with Gasteiger partial charge in [0.2, 0.25) is 0 Å². The molecule has 1 heterocycles. The van der Waals surface area contributed by atoms with Crippen LogP contribution < -0.4 is 0 Å². The molecule has 1 saturated heterocycles. The number of aryl methyl sites for hydroxylation is 1. The predicted octanol–water partition coefficient (Wildman–Crippen LogP) is 1.82. The number of halogens is 1. The molecular formula is C15H17FN2O2. The second-order valence-corrected chi connectivity index (χ2v) is 5.22. The minimum Gasteiger partial charge on any atom is -0.375 e. The number of benzene rings is 1. The van der Waals surface area contributed by atoms with E-state index in [4.69, 9.17) is 5.26 Å². The zero-order valence-corrected chi connectivity index (χ0v) is 11.3. The van der Waals surface area contributed by atoms with Crippen LogP contribution in [-0.2, 0) is 0 Å². The van der Waals surface area contributed by atoms with E-state index in [0.29, 0.717) is 5.56 Å². The van der Waals surface area contributed by atoms with Gasteiger partial charge in [-0.25, -0.2) is 4.39 Å². The molecule has 20 heavy (non-hydrogen) atoms. The molecule has 1 aliphatic rings. The number of carbonyl (C=O) groups is 1. The van der Waals surface area contributed by atoms with E-state index in [1.54, 1.807) is 17.0 Å². The lowest BCUT2D eigenvalue weighted by Crippen LogP contribution is -2.49. The van der Waals surface area contributed by atoms with Crippen molar-refractivity contribution in [3.8, 4) is 6.07 Å². The minimum atomic E-state index is -1.90. The zero-order valence-electron chi connectivity index (χ0n) is 11.3. The van der Waals surface area contributed by atoms with Crippen molar-refractivity contribution < 1.29 is 14.3 Å². The molecule has 1 unspecified atom stereocenters. The fourth-order valence-corrected chi connectivity index (χ4v) is 2.35. The van der Waals surface area contributed by atoms with Crippen LogP contribution in [0.25, 0.3) is 0 Å². The van der Waals surface area contributed by atoms with Gasteiger partial charge in [-0.15, -0.1) is 0 Å². The number of hydrogen-bond acceptors (Lipinski definition) is 3. The van der Waals surface area contributed by atoms with Crippen LogP contribution in [0.3, 0.4) is 0 Å². The average molecular weight is 276 g/mol. The van der Waals surface area contributed by atoms with Gasteiger partial charge in [-0.1, -0.05) is 17.7 Å². The maximum Gasteiger partial charge on any atom is 0.253 e. The number of amides is 1. The molecule has 0 aromatic heterocycles. The van der Waals surface area contributed by atoms with E-state index in [-0.39, 0.29) is 31.8 Å². The van der Waals surface area contributed by atoms with Gasteiger partial charge >= 0.3 is 0 Å². The van der Waals surface area contributed by atoms with Crippen LogP contribution in [0.4, 0.5) is 4.39 Å². The number of nitriles is 1. The van der Waals surface area contributed by atoms with Crippen LogP contribution in [0.15, 0.2) is 24.3 Å². The smallest absolute Gasteiger partial charge is 0.253 e. The van der Waals surface area contributed by atoms with E-state index in [9.17, 15) is 14.3 Å². The molecule has 0 saturated carbocycles. The van der Waals surface area contributed by atoms with E-state index >= 15 is 0 Å². The van der Waals surface area contributed by atoms with Crippen molar-refractivity contribution in [2.45, 2.75) is 31.5 Å². The summed E-state index contributed by atoms with van der Waals surface area (Å²) in [6.07, 6.45) is -1.65. The molecule has 0 spiro atoms. The number of likely N-dealkylation sites (tertiary alicyclic amines) is 1. The lowest BCUT2D eigenvalue weighted by molar-refractivity contribution is -0.0201. The van der Waals surface area contributed by atoms with E-state index in [1.807, 2.05) is 19.1 Å². The summed E-state index contributed by atoms with van der Waals surface area (Å²) >= 11 is 0. The van der Waals surface area contributed by atoms with Gasteiger partial charge in [-0.3, -0.25) is 4.79 Å². The second-order valence-electron chi connectivity index (χ2n) is 5.22. The highest BCUT2D eigenvalue weighted by Gasteiger charge is 2.42. The van der Waals surface area contributed by atoms with Crippen molar-refractivity contribution >= 4 is 5.91 Å². The third-order valence-electron chi connectivity index (χ3n) is 3.79. The van der Waals surface area contributed by atoms with Crippen molar-refractivity contribution in [2.75, 3.05) is 13.1 Å². The molecule has 1 N–H and O–H groups in total. The Morgan fingerprint density at radius 3 is 2.45 bits per heavy atom. The highest BCUT2D eigenvalue weighted by Crippen LogP contribution is 2.30. The first-order valence-corrected chi connectivity index (χ1v) is 6.59. The maximum atomic E-state index is 14.2. The number of aliphatic hydroxyl groups is 1. The van der Waals surface area contributed by atoms with Crippen molar-refractivity contribution in [2.24, 2.45) is 0 Å². The minimum absolute atomic E-state index is 0.0146. The first-order valence-electron chi connectivity index (χ1n) is 6.59. The van der Waals surface area contributed by atoms with E-state index in [0.717, 1.165) is 5.56 Å². The van der Waals surface area contributed by atoms with Gasteiger partial charge in [0.25, 0.3) is 5.91 Å². The summed E-state index contributed by atoms with van der Waals surface area (Å²) in [7, 11) is 0. The summed E-state index contributed by atoms with van der Waals surface area (Å²) in [4.78, 5) is 13.8. The highest BCUT2D eigenvalue weighted by molar-refractivity contribution is 5.94. The number of rotatable bonds is 2. The Kier molecular flexibility index (Phi) is 4.05. The summed E-state index contributed by atoms with van der Waals surface area (Å²) in [6.45, 7) is 2.36. The fraction of sp³-hybridized carbons (Fsp3) is 0.467. The van der Waals surface area contributed by atoms with Crippen molar-refractivity contribution in [1.82, 2.24) is 4.90 Å². The monoisotopic (exact) mass is 276 g/mol. The molecular weight excluding hydrogens is 259 g/mol. The Morgan fingerprint density at radius 2 is 1.95 bits per heavy atom. The number of aliphatic hydroxyl groups excluding tert-OH is 1. The topological polar surface area (TPSA) is 64.3 Å². The first-order chi connectivity index (χ1) is 9.46. The van der Waals surface area contributed by atoms with Crippen LogP contribution in [0.5, 0.6) is 0 Å². The van der Waals surface area contributed by atoms with Gasteiger partial charge in [0.05, 0.1) is 6.07 Å². The Labute approximate surface area is 117 Å².